The van der Waals surface area contributed by atoms with Crippen LogP contribution < -0.4 is 5.32 Å². The summed E-state index contributed by atoms with van der Waals surface area (Å²) in [4.78, 5) is 56.0. The maximum atomic E-state index is 12.8. The Balaban J connectivity index is 1.66. The number of rotatable bonds is 10. The van der Waals surface area contributed by atoms with Crippen LogP contribution in [0.2, 0.25) is 0 Å². The van der Waals surface area contributed by atoms with E-state index in [1.54, 1.807) is 30.3 Å². The summed E-state index contributed by atoms with van der Waals surface area (Å²) in [6, 6.07) is 8.20. The molecule has 0 saturated carbocycles. The van der Waals surface area contributed by atoms with Gasteiger partial charge in [-0.05, 0) is 18.6 Å². The van der Waals surface area contributed by atoms with Crippen molar-refractivity contribution in [1.29, 1.82) is 0 Å². The van der Waals surface area contributed by atoms with E-state index in [0.29, 0.717) is 18.5 Å². The van der Waals surface area contributed by atoms with Gasteiger partial charge in [-0.15, -0.1) is 0 Å². The summed E-state index contributed by atoms with van der Waals surface area (Å²) in [5.74, 6) is -0.703. The number of esters is 1. The minimum Gasteiger partial charge on any atom is -0.453 e. The fourth-order valence-electron chi connectivity index (χ4n) is 3.95. The average Bonchev–Trinajstić information content (AvgIpc) is 3.44. The number of amides is 1. The first-order valence-electron chi connectivity index (χ1n) is 11.3. The molecule has 37 heavy (non-hydrogen) atoms. The van der Waals surface area contributed by atoms with Crippen LogP contribution in [0.5, 0.6) is 0 Å². The molecule has 1 aliphatic rings. The van der Waals surface area contributed by atoms with E-state index in [2.05, 4.69) is 24.8 Å². The van der Waals surface area contributed by atoms with E-state index in [0.717, 1.165) is 0 Å². The van der Waals surface area contributed by atoms with E-state index in [4.69, 9.17) is 14.2 Å². The van der Waals surface area contributed by atoms with Gasteiger partial charge in [0.15, 0.2) is 29.3 Å². The number of methoxy groups -OCH3 is 1. The topological polar surface area (TPSA) is 184 Å². The van der Waals surface area contributed by atoms with Gasteiger partial charge in [-0.2, -0.15) is 0 Å². The summed E-state index contributed by atoms with van der Waals surface area (Å²) >= 11 is 0. The molecule has 3 N–H and O–H groups in total. The number of phosphoric acid groups is 1. The molecule has 1 aliphatic heterocycles. The Morgan fingerprint density at radius 1 is 1.16 bits per heavy atom. The molecule has 4 rings (SSSR count). The summed E-state index contributed by atoms with van der Waals surface area (Å²) < 4.78 is 34.8. The molecule has 2 aromatic heterocycles. The van der Waals surface area contributed by atoms with Gasteiger partial charge in [0.1, 0.15) is 18.5 Å². The second-order valence-corrected chi connectivity index (χ2v) is 9.37. The third kappa shape index (κ3) is 6.18. The lowest BCUT2D eigenvalue weighted by atomic mass is 10.1. The average molecular weight is 535 g/mol. The number of ether oxygens (including phenoxy) is 3. The summed E-state index contributed by atoms with van der Waals surface area (Å²) in [5, 5.41) is 2.70. The minimum atomic E-state index is -4.85. The van der Waals surface area contributed by atoms with Crippen molar-refractivity contribution in [2.24, 2.45) is 0 Å². The third-order valence-electron chi connectivity index (χ3n) is 5.59. The van der Waals surface area contributed by atoms with E-state index in [9.17, 15) is 23.9 Å². The molecule has 1 amide bonds. The number of hydrogen-bond donors (Lipinski definition) is 3. The Hall–Kier alpha value is -3.26. The lowest BCUT2D eigenvalue weighted by Crippen LogP contribution is -2.39. The van der Waals surface area contributed by atoms with Crippen LogP contribution in [0.1, 0.15) is 36.4 Å². The van der Waals surface area contributed by atoms with Crippen LogP contribution in [0.25, 0.3) is 11.2 Å². The number of hydrogen-bond acceptors (Lipinski definition) is 10. The Bertz CT molecular complexity index is 1300. The van der Waals surface area contributed by atoms with Crippen molar-refractivity contribution in [3.8, 4) is 0 Å². The highest BCUT2D eigenvalue weighted by Crippen LogP contribution is 2.40. The van der Waals surface area contributed by atoms with Gasteiger partial charge >= 0.3 is 13.8 Å². The van der Waals surface area contributed by atoms with Crippen molar-refractivity contribution in [1.82, 2.24) is 19.5 Å². The molecular formula is C22H26N5O9P. The quantitative estimate of drug-likeness (QED) is 0.253. The summed E-state index contributed by atoms with van der Waals surface area (Å²) in [6.45, 7) is 1.28. The van der Waals surface area contributed by atoms with Gasteiger partial charge in [-0.25, -0.2) is 24.3 Å². The van der Waals surface area contributed by atoms with E-state index in [-0.39, 0.29) is 22.8 Å². The van der Waals surface area contributed by atoms with E-state index >= 15 is 0 Å². The molecule has 198 valence electrons. The van der Waals surface area contributed by atoms with Crippen molar-refractivity contribution >= 4 is 36.7 Å². The van der Waals surface area contributed by atoms with Crippen molar-refractivity contribution in [3.63, 3.8) is 0 Å². The molecule has 0 radical (unpaired) electrons. The maximum absolute atomic E-state index is 12.8. The molecular weight excluding hydrogens is 509 g/mol. The molecule has 0 aliphatic carbocycles. The van der Waals surface area contributed by atoms with Crippen molar-refractivity contribution in [2.45, 2.75) is 44.3 Å². The van der Waals surface area contributed by atoms with Crippen molar-refractivity contribution in [2.75, 3.05) is 19.0 Å². The number of fused-ring (bicyclic) bond motifs is 1. The monoisotopic (exact) mass is 535 g/mol. The molecule has 3 heterocycles. The number of imidazole rings is 1. The highest BCUT2D eigenvalue weighted by molar-refractivity contribution is 7.46. The van der Waals surface area contributed by atoms with Crippen LogP contribution >= 0.6 is 7.82 Å². The Morgan fingerprint density at radius 2 is 1.92 bits per heavy atom. The molecule has 0 spiro atoms. The van der Waals surface area contributed by atoms with Gasteiger partial charge < -0.3 is 29.3 Å². The van der Waals surface area contributed by atoms with Gasteiger partial charge in [0.25, 0.3) is 0 Å². The van der Waals surface area contributed by atoms with Crippen molar-refractivity contribution < 1.29 is 42.7 Å². The molecule has 4 atom stereocenters. The first-order valence-corrected chi connectivity index (χ1v) is 12.9. The van der Waals surface area contributed by atoms with Gasteiger partial charge in [0.2, 0.25) is 5.91 Å². The Morgan fingerprint density at radius 3 is 2.59 bits per heavy atom. The zero-order valence-electron chi connectivity index (χ0n) is 20.0. The van der Waals surface area contributed by atoms with E-state index in [1.807, 2.05) is 6.92 Å². The second-order valence-electron chi connectivity index (χ2n) is 8.13. The van der Waals surface area contributed by atoms with Crippen molar-refractivity contribution in [3.05, 3.63) is 48.5 Å². The van der Waals surface area contributed by atoms with Crippen LogP contribution in [0.3, 0.4) is 0 Å². The number of nitrogens with one attached hydrogen (secondary N) is 1. The summed E-state index contributed by atoms with van der Waals surface area (Å²) in [5.41, 5.74) is 0.848. The highest BCUT2D eigenvalue weighted by atomic mass is 31.2. The number of benzene rings is 1. The predicted molar refractivity (Wildman–Crippen MR) is 127 cm³/mol. The van der Waals surface area contributed by atoms with Gasteiger partial charge in [-0.3, -0.25) is 13.9 Å². The number of aromatic nitrogens is 4. The molecule has 0 unspecified atom stereocenters. The molecule has 1 saturated heterocycles. The van der Waals surface area contributed by atoms with Gasteiger partial charge in [0, 0.05) is 13.5 Å². The third-order valence-corrected chi connectivity index (χ3v) is 6.07. The lowest BCUT2D eigenvalue weighted by molar-refractivity contribution is -0.116. The Kier molecular flexibility index (Phi) is 8.27. The maximum Gasteiger partial charge on any atom is 0.469 e. The fourth-order valence-corrected chi connectivity index (χ4v) is 4.29. The highest BCUT2D eigenvalue weighted by Gasteiger charge is 2.49. The Labute approximate surface area is 211 Å². The molecule has 3 aromatic rings. The number of anilines is 1. The lowest BCUT2D eigenvalue weighted by Gasteiger charge is -2.23. The number of carbonyl (C=O) groups is 2. The molecule has 1 fully saturated rings. The second kappa shape index (κ2) is 11.4. The zero-order chi connectivity index (χ0) is 26.6. The summed E-state index contributed by atoms with van der Waals surface area (Å²) in [7, 11) is -3.48. The van der Waals surface area contributed by atoms with Crippen LogP contribution in [0.15, 0.2) is 43.0 Å². The minimum absolute atomic E-state index is 0.211. The molecule has 15 heteroatoms. The first-order chi connectivity index (χ1) is 17.7. The SMILES string of the molecule is CCCC(=O)Nc1ncnc2c1ncn2[C@@H]1O[C@H](COP(=O)(O)O)[C@@H](OC(=O)c2ccccc2)[C@H]1OC. The van der Waals surface area contributed by atoms with Gasteiger partial charge in [-0.1, -0.05) is 25.1 Å². The number of nitrogens with zero attached hydrogens (tertiary/aromatic N) is 4. The summed E-state index contributed by atoms with van der Waals surface area (Å²) in [6.07, 6.45) is -0.545. The van der Waals surface area contributed by atoms with Crippen LogP contribution in [0, 0.1) is 0 Å². The molecule has 0 bridgehead atoms. The largest absolute Gasteiger partial charge is 0.469 e. The predicted octanol–water partition coefficient (Wildman–Crippen LogP) is 1.81. The van der Waals surface area contributed by atoms with E-state index < -0.39 is 44.9 Å². The van der Waals surface area contributed by atoms with Gasteiger partial charge in [0.05, 0.1) is 18.5 Å². The van der Waals surface area contributed by atoms with Crippen LogP contribution in [-0.4, -0.2) is 73.2 Å². The molecule has 14 nitrogen and oxygen atoms in total. The van der Waals surface area contributed by atoms with Crippen LogP contribution in [0.4, 0.5) is 5.82 Å². The normalized spacial score (nSPS) is 21.7. The number of phosphoric ester groups is 1. The molecule has 1 aromatic carbocycles. The van der Waals surface area contributed by atoms with Crippen LogP contribution in [-0.2, 0) is 28.1 Å². The standard InChI is InChI=1S/C22H26N5O9P/c1-3-7-15(28)26-19-16-20(24-11-23-19)27(12-25-16)21-18(33-2)17(14(35-21)10-34-37(30,31)32)36-22(29)13-8-5-4-6-9-13/h4-6,8-9,11-12,14,17-18,21H,3,7,10H2,1-2H3,(H2,30,31,32)(H,23,24,26,28)/t14-,17-,18-,21-/m1/s1. The zero-order valence-corrected chi connectivity index (χ0v) is 20.9. The number of carbonyl (C=O) groups excluding carboxylic acids is 2. The first kappa shape index (κ1) is 26.8. The smallest absolute Gasteiger partial charge is 0.453 e. The van der Waals surface area contributed by atoms with E-state index in [1.165, 1.54) is 24.3 Å². The fraction of sp³-hybridized carbons (Fsp3) is 0.409.